The zero-order chi connectivity index (χ0) is 10.5. The molecule has 0 aromatic heterocycles. The third-order valence-electron chi connectivity index (χ3n) is 2.02. The van der Waals surface area contributed by atoms with Gasteiger partial charge in [0.25, 0.3) is 0 Å². The van der Waals surface area contributed by atoms with E-state index in [1.807, 2.05) is 13.8 Å². The standard InChI is InChI=1S/C5H11N.C5H12.C2H6/c1-2-4-6-5-3-1;1-4-5(2)3;1-2/h6H,1-5H2;5H,4H2,1-3H3;1-2H3. The maximum absolute atomic E-state index is 3.28. The average molecular weight is 187 g/mol. The fourth-order valence-corrected chi connectivity index (χ4v) is 0.802. The molecule has 1 fully saturated rings. The normalized spacial score (nSPS) is 15.2. The van der Waals surface area contributed by atoms with Crippen LogP contribution in [-0.2, 0) is 0 Å². The monoisotopic (exact) mass is 187 g/mol. The van der Waals surface area contributed by atoms with Gasteiger partial charge in [-0.15, -0.1) is 0 Å². The lowest BCUT2D eigenvalue weighted by molar-refractivity contribution is 0.520. The van der Waals surface area contributed by atoms with E-state index in [2.05, 4.69) is 26.1 Å². The Morgan fingerprint density at radius 3 is 1.46 bits per heavy atom. The first-order valence-corrected chi connectivity index (χ1v) is 5.98. The summed E-state index contributed by atoms with van der Waals surface area (Å²) >= 11 is 0. The molecule has 13 heavy (non-hydrogen) atoms. The molecule has 0 unspecified atom stereocenters. The van der Waals surface area contributed by atoms with Crippen LogP contribution in [0.1, 0.15) is 60.3 Å². The molecule has 0 saturated carbocycles. The molecule has 1 saturated heterocycles. The van der Waals surface area contributed by atoms with Crippen LogP contribution < -0.4 is 5.32 Å². The lowest BCUT2D eigenvalue weighted by atomic mass is 10.2. The van der Waals surface area contributed by atoms with Crippen LogP contribution in [0.3, 0.4) is 0 Å². The van der Waals surface area contributed by atoms with E-state index in [9.17, 15) is 0 Å². The van der Waals surface area contributed by atoms with Gasteiger partial charge in [0.05, 0.1) is 0 Å². The Labute approximate surface area is 85.3 Å². The minimum absolute atomic E-state index is 0.884. The lowest BCUT2D eigenvalue weighted by Crippen LogP contribution is -2.21. The fraction of sp³-hybridized carbons (Fsp3) is 1.00. The van der Waals surface area contributed by atoms with Crippen LogP contribution in [0.5, 0.6) is 0 Å². The Morgan fingerprint density at radius 1 is 1.00 bits per heavy atom. The van der Waals surface area contributed by atoms with Crippen LogP contribution in [0.15, 0.2) is 0 Å². The molecule has 0 bridgehead atoms. The van der Waals surface area contributed by atoms with E-state index in [4.69, 9.17) is 0 Å². The van der Waals surface area contributed by atoms with Crippen LogP contribution in [0, 0.1) is 5.92 Å². The van der Waals surface area contributed by atoms with Gasteiger partial charge < -0.3 is 5.32 Å². The molecule has 82 valence electrons. The summed E-state index contributed by atoms with van der Waals surface area (Å²) in [6, 6.07) is 0. The number of piperidine rings is 1. The molecule has 0 atom stereocenters. The largest absolute Gasteiger partial charge is 0.317 e. The van der Waals surface area contributed by atoms with Crippen LogP contribution in [-0.4, -0.2) is 13.1 Å². The van der Waals surface area contributed by atoms with Crippen molar-refractivity contribution in [2.24, 2.45) is 5.92 Å². The third-order valence-corrected chi connectivity index (χ3v) is 2.02. The van der Waals surface area contributed by atoms with Gasteiger partial charge in [0, 0.05) is 0 Å². The first-order chi connectivity index (χ1) is 6.27. The highest BCUT2D eigenvalue weighted by molar-refractivity contribution is 4.55. The van der Waals surface area contributed by atoms with Crippen LogP contribution in [0.25, 0.3) is 0 Å². The molecule has 1 N–H and O–H groups in total. The van der Waals surface area contributed by atoms with Gasteiger partial charge in [0.2, 0.25) is 0 Å². The number of nitrogens with one attached hydrogen (secondary N) is 1. The van der Waals surface area contributed by atoms with Crippen molar-refractivity contribution < 1.29 is 0 Å². The van der Waals surface area contributed by atoms with E-state index in [1.165, 1.54) is 38.8 Å². The Hall–Kier alpha value is -0.0400. The smallest absolute Gasteiger partial charge is 0.00489 e. The average Bonchev–Trinajstić information content (AvgIpc) is 2.24. The van der Waals surface area contributed by atoms with E-state index < -0.39 is 0 Å². The molecule has 0 spiro atoms. The summed E-state index contributed by atoms with van der Waals surface area (Å²) in [6.07, 6.45) is 5.52. The van der Waals surface area contributed by atoms with Crippen molar-refractivity contribution in [1.82, 2.24) is 5.32 Å². The van der Waals surface area contributed by atoms with Gasteiger partial charge in [0.15, 0.2) is 0 Å². The molecule has 0 aromatic rings. The molecule has 1 rings (SSSR count). The predicted octanol–water partition coefficient (Wildman–Crippen LogP) is 3.84. The summed E-state index contributed by atoms with van der Waals surface area (Å²) in [6.45, 7) is 13.1. The topological polar surface area (TPSA) is 12.0 Å². The summed E-state index contributed by atoms with van der Waals surface area (Å²) in [5, 5.41) is 3.28. The second kappa shape index (κ2) is 14.5. The van der Waals surface area contributed by atoms with Crippen molar-refractivity contribution in [3.63, 3.8) is 0 Å². The second-order valence-electron chi connectivity index (χ2n) is 3.61. The van der Waals surface area contributed by atoms with Crippen molar-refractivity contribution in [3.05, 3.63) is 0 Å². The third kappa shape index (κ3) is 18.7. The summed E-state index contributed by atoms with van der Waals surface area (Å²) in [5.74, 6) is 0.884. The van der Waals surface area contributed by atoms with Gasteiger partial charge in [-0.25, -0.2) is 0 Å². The summed E-state index contributed by atoms with van der Waals surface area (Å²) < 4.78 is 0. The fourth-order valence-electron chi connectivity index (χ4n) is 0.802. The molecule has 1 aliphatic heterocycles. The molecular formula is C12H29N. The molecule has 0 amide bonds. The van der Waals surface area contributed by atoms with Gasteiger partial charge in [-0.2, -0.15) is 0 Å². The first-order valence-electron chi connectivity index (χ1n) is 5.98. The highest BCUT2D eigenvalue weighted by Crippen LogP contribution is 1.96. The van der Waals surface area contributed by atoms with Crippen molar-refractivity contribution in [2.45, 2.75) is 60.3 Å². The molecule has 0 aliphatic carbocycles. The maximum Gasteiger partial charge on any atom is -0.00489 e. The van der Waals surface area contributed by atoms with E-state index in [-0.39, 0.29) is 0 Å². The van der Waals surface area contributed by atoms with Gasteiger partial charge in [-0.3, -0.25) is 0 Å². The maximum atomic E-state index is 3.28. The predicted molar refractivity (Wildman–Crippen MR) is 63.2 cm³/mol. The van der Waals surface area contributed by atoms with E-state index in [0.29, 0.717) is 0 Å². The second-order valence-corrected chi connectivity index (χ2v) is 3.61. The van der Waals surface area contributed by atoms with E-state index in [0.717, 1.165) is 5.92 Å². The van der Waals surface area contributed by atoms with Gasteiger partial charge in [-0.05, 0) is 31.8 Å². The minimum Gasteiger partial charge on any atom is -0.317 e. The number of hydrogen-bond acceptors (Lipinski definition) is 1. The zero-order valence-electron chi connectivity index (χ0n) is 10.3. The van der Waals surface area contributed by atoms with E-state index in [1.54, 1.807) is 0 Å². The summed E-state index contributed by atoms with van der Waals surface area (Å²) in [5.41, 5.74) is 0. The highest BCUT2D eigenvalue weighted by Gasteiger charge is 1.93. The highest BCUT2D eigenvalue weighted by atomic mass is 14.9. The van der Waals surface area contributed by atoms with Gasteiger partial charge >= 0.3 is 0 Å². The van der Waals surface area contributed by atoms with Gasteiger partial charge in [0.1, 0.15) is 0 Å². The quantitative estimate of drug-likeness (QED) is 0.657. The molecule has 0 aromatic carbocycles. The molecule has 1 aliphatic rings. The SMILES string of the molecule is C1CCNCC1.CC.CCC(C)C. The number of rotatable bonds is 1. The van der Waals surface area contributed by atoms with Crippen LogP contribution in [0.4, 0.5) is 0 Å². The Kier molecular flexibility index (Phi) is 17.2. The van der Waals surface area contributed by atoms with Crippen LogP contribution >= 0.6 is 0 Å². The Bertz CT molecular complexity index is 54.0. The van der Waals surface area contributed by atoms with Gasteiger partial charge in [-0.1, -0.05) is 47.5 Å². The molecular weight excluding hydrogens is 158 g/mol. The summed E-state index contributed by atoms with van der Waals surface area (Å²) in [4.78, 5) is 0. The Balaban J connectivity index is 0. The molecule has 1 nitrogen and oxygen atoms in total. The Morgan fingerprint density at radius 2 is 1.38 bits per heavy atom. The van der Waals surface area contributed by atoms with Crippen LogP contribution in [0.2, 0.25) is 0 Å². The first kappa shape index (κ1) is 15.4. The molecule has 1 heteroatoms. The van der Waals surface area contributed by atoms with Crippen molar-refractivity contribution in [1.29, 1.82) is 0 Å². The van der Waals surface area contributed by atoms with Crippen molar-refractivity contribution in [3.8, 4) is 0 Å². The molecule has 1 heterocycles. The van der Waals surface area contributed by atoms with Crippen molar-refractivity contribution >= 4 is 0 Å². The van der Waals surface area contributed by atoms with Crippen molar-refractivity contribution in [2.75, 3.05) is 13.1 Å². The van der Waals surface area contributed by atoms with E-state index >= 15 is 0 Å². The minimum atomic E-state index is 0.884. The zero-order valence-corrected chi connectivity index (χ0v) is 10.3. The summed E-state index contributed by atoms with van der Waals surface area (Å²) in [7, 11) is 0. The lowest BCUT2D eigenvalue weighted by Gasteiger charge is -2.08. The number of hydrogen-bond donors (Lipinski definition) is 1. The molecule has 0 radical (unpaired) electrons.